The first-order chi connectivity index (χ1) is 6.09. The molecule has 1 unspecified atom stereocenters. The number of nitrogens with two attached hydrogens (primary N) is 1. The molecule has 76 valence electrons. The summed E-state index contributed by atoms with van der Waals surface area (Å²) in [6, 6.07) is 0.498. The van der Waals surface area contributed by atoms with Crippen molar-refractivity contribution in [3.8, 4) is 0 Å². The highest BCUT2D eigenvalue weighted by atomic mass is 32.1. The fourth-order valence-electron chi connectivity index (χ4n) is 1.71. The van der Waals surface area contributed by atoms with Crippen LogP contribution in [-0.2, 0) is 0 Å². The molecule has 0 saturated heterocycles. The highest BCUT2D eigenvalue weighted by Crippen LogP contribution is 2.27. The Hall–Kier alpha value is -0.150. The van der Waals surface area contributed by atoms with Gasteiger partial charge in [0.05, 0.1) is 4.99 Å². The molecular weight excluding hydrogens is 180 g/mol. The average Bonchev–Trinajstić information content (AvgIpc) is 1.94. The normalized spacial score (nSPS) is 19.9. The minimum atomic E-state index is 0.498. The van der Waals surface area contributed by atoms with Crippen molar-refractivity contribution >= 4 is 17.2 Å². The van der Waals surface area contributed by atoms with Crippen LogP contribution in [0.3, 0.4) is 0 Å². The van der Waals surface area contributed by atoms with Gasteiger partial charge in [-0.1, -0.05) is 18.6 Å². The van der Waals surface area contributed by atoms with Crippen LogP contribution in [-0.4, -0.2) is 29.5 Å². The topological polar surface area (TPSA) is 29.3 Å². The van der Waals surface area contributed by atoms with Crippen molar-refractivity contribution in [2.24, 2.45) is 11.7 Å². The SMILES string of the molecule is CC(CC(N)=S)N(C)CC1CCC1. The summed E-state index contributed by atoms with van der Waals surface area (Å²) in [7, 11) is 2.17. The number of thiocarbonyl (C=S) groups is 1. The third kappa shape index (κ3) is 3.61. The zero-order chi connectivity index (χ0) is 9.84. The molecule has 1 aliphatic rings. The molecule has 0 aromatic rings. The minimum absolute atomic E-state index is 0.498. The maximum absolute atomic E-state index is 5.51. The number of rotatable bonds is 5. The molecule has 0 spiro atoms. The fraction of sp³-hybridized carbons (Fsp3) is 0.900. The molecule has 3 heteroatoms. The second-order valence-electron chi connectivity index (χ2n) is 4.26. The molecule has 0 aliphatic heterocycles. The maximum atomic E-state index is 5.51. The van der Waals surface area contributed by atoms with Crippen molar-refractivity contribution in [3.05, 3.63) is 0 Å². The molecule has 1 saturated carbocycles. The second-order valence-corrected chi connectivity index (χ2v) is 4.78. The van der Waals surface area contributed by atoms with E-state index in [1.165, 1.54) is 25.8 Å². The highest BCUT2D eigenvalue weighted by Gasteiger charge is 2.21. The Morgan fingerprint density at radius 2 is 2.23 bits per heavy atom. The molecular formula is C10H20N2S. The molecule has 1 fully saturated rings. The summed E-state index contributed by atoms with van der Waals surface area (Å²) in [5.74, 6) is 0.929. The van der Waals surface area contributed by atoms with Gasteiger partial charge in [-0.05, 0) is 32.7 Å². The van der Waals surface area contributed by atoms with E-state index in [4.69, 9.17) is 18.0 Å². The molecule has 0 amide bonds. The lowest BCUT2D eigenvalue weighted by molar-refractivity contribution is 0.172. The smallest absolute Gasteiger partial charge is 0.0742 e. The molecule has 2 N–H and O–H groups in total. The summed E-state index contributed by atoms with van der Waals surface area (Å²) in [5.41, 5.74) is 5.51. The predicted molar refractivity (Wildman–Crippen MR) is 60.8 cm³/mol. The summed E-state index contributed by atoms with van der Waals surface area (Å²) in [6.45, 7) is 3.40. The van der Waals surface area contributed by atoms with Crippen LogP contribution < -0.4 is 5.73 Å². The Labute approximate surface area is 86.5 Å². The molecule has 2 nitrogen and oxygen atoms in total. The van der Waals surface area contributed by atoms with Crippen LogP contribution in [0.25, 0.3) is 0 Å². The number of nitrogens with zero attached hydrogens (tertiary/aromatic N) is 1. The molecule has 1 rings (SSSR count). The third-order valence-corrected chi connectivity index (χ3v) is 3.19. The first-order valence-corrected chi connectivity index (χ1v) is 5.49. The fourth-order valence-corrected chi connectivity index (χ4v) is 1.95. The Morgan fingerprint density at radius 1 is 1.62 bits per heavy atom. The monoisotopic (exact) mass is 200 g/mol. The average molecular weight is 200 g/mol. The Kier molecular flexibility index (Phi) is 4.13. The molecule has 13 heavy (non-hydrogen) atoms. The molecule has 1 atom stereocenters. The van der Waals surface area contributed by atoms with Crippen LogP contribution in [0.2, 0.25) is 0 Å². The lowest BCUT2D eigenvalue weighted by Crippen LogP contribution is -2.37. The largest absolute Gasteiger partial charge is 0.393 e. The molecule has 0 bridgehead atoms. The van der Waals surface area contributed by atoms with E-state index >= 15 is 0 Å². The van der Waals surface area contributed by atoms with Gasteiger partial charge >= 0.3 is 0 Å². The van der Waals surface area contributed by atoms with Gasteiger partial charge in [-0.2, -0.15) is 0 Å². The van der Waals surface area contributed by atoms with E-state index in [9.17, 15) is 0 Å². The first kappa shape index (κ1) is 10.9. The van der Waals surface area contributed by atoms with Gasteiger partial charge in [0.25, 0.3) is 0 Å². The summed E-state index contributed by atoms with van der Waals surface area (Å²) in [4.78, 5) is 3.01. The van der Waals surface area contributed by atoms with Gasteiger partial charge in [-0.25, -0.2) is 0 Å². The highest BCUT2D eigenvalue weighted by molar-refractivity contribution is 7.80. The van der Waals surface area contributed by atoms with Gasteiger partial charge in [-0.15, -0.1) is 0 Å². The van der Waals surface area contributed by atoms with Crippen molar-refractivity contribution in [3.63, 3.8) is 0 Å². The van der Waals surface area contributed by atoms with E-state index in [0.29, 0.717) is 11.0 Å². The quantitative estimate of drug-likeness (QED) is 0.686. The molecule has 1 aliphatic carbocycles. The summed E-state index contributed by atoms with van der Waals surface area (Å²) < 4.78 is 0. The van der Waals surface area contributed by atoms with Crippen molar-refractivity contribution < 1.29 is 0 Å². The Bertz CT molecular complexity index is 178. The lowest BCUT2D eigenvalue weighted by Gasteiger charge is -2.33. The zero-order valence-electron chi connectivity index (χ0n) is 8.62. The van der Waals surface area contributed by atoms with E-state index in [1.807, 2.05) is 0 Å². The molecule has 0 aromatic carbocycles. The van der Waals surface area contributed by atoms with Gasteiger partial charge in [0.2, 0.25) is 0 Å². The summed E-state index contributed by atoms with van der Waals surface area (Å²) >= 11 is 4.90. The summed E-state index contributed by atoms with van der Waals surface area (Å²) in [6.07, 6.45) is 5.08. The van der Waals surface area contributed by atoms with Crippen molar-refractivity contribution in [2.45, 2.75) is 38.6 Å². The molecule has 0 heterocycles. The maximum Gasteiger partial charge on any atom is 0.0742 e. The van der Waals surface area contributed by atoms with E-state index in [2.05, 4.69) is 18.9 Å². The predicted octanol–water partition coefficient (Wildman–Crippen LogP) is 1.78. The van der Waals surface area contributed by atoms with Crippen LogP contribution in [0.4, 0.5) is 0 Å². The molecule has 0 radical (unpaired) electrons. The Balaban J connectivity index is 2.20. The van der Waals surface area contributed by atoms with E-state index in [0.717, 1.165) is 12.3 Å². The van der Waals surface area contributed by atoms with E-state index in [-0.39, 0.29) is 0 Å². The van der Waals surface area contributed by atoms with Gasteiger partial charge < -0.3 is 10.6 Å². The minimum Gasteiger partial charge on any atom is -0.393 e. The van der Waals surface area contributed by atoms with Crippen molar-refractivity contribution in [1.82, 2.24) is 4.90 Å². The van der Waals surface area contributed by atoms with Crippen LogP contribution in [0.15, 0.2) is 0 Å². The van der Waals surface area contributed by atoms with Crippen LogP contribution in [0.5, 0.6) is 0 Å². The lowest BCUT2D eigenvalue weighted by atomic mass is 9.85. The van der Waals surface area contributed by atoms with Crippen LogP contribution in [0.1, 0.15) is 32.6 Å². The van der Waals surface area contributed by atoms with Gasteiger partial charge in [-0.3, -0.25) is 0 Å². The van der Waals surface area contributed by atoms with Gasteiger partial charge in [0.1, 0.15) is 0 Å². The number of hydrogen-bond donors (Lipinski definition) is 1. The molecule has 0 aromatic heterocycles. The summed E-state index contributed by atoms with van der Waals surface area (Å²) in [5, 5.41) is 0. The second kappa shape index (κ2) is 4.91. The van der Waals surface area contributed by atoms with Crippen LogP contribution in [0, 0.1) is 5.92 Å². The van der Waals surface area contributed by atoms with Gasteiger partial charge in [0.15, 0.2) is 0 Å². The van der Waals surface area contributed by atoms with Crippen LogP contribution >= 0.6 is 12.2 Å². The first-order valence-electron chi connectivity index (χ1n) is 5.08. The third-order valence-electron chi connectivity index (χ3n) is 3.02. The Morgan fingerprint density at radius 3 is 2.62 bits per heavy atom. The zero-order valence-corrected chi connectivity index (χ0v) is 9.44. The van der Waals surface area contributed by atoms with E-state index in [1.54, 1.807) is 0 Å². The number of hydrogen-bond acceptors (Lipinski definition) is 2. The standard InChI is InChI=1S/C10H20N2S/c1-8(6-10(11)13)12(2)7-9-4-3-5-9/h8-9H,3-7H2,1-2H3,(H2,11,13). The van der Waals surface area contributed by atoms with Gasteiger partial charge in [0, 0.05) is 19.0 Å². The van der Waals surface area contributed by atoms with E-state index < -0.39 is 0 Å². The van der Waals surface area contributed by atoms with Crippen molar-refractivity contribution in [2.75, 3.05) is 13.6 Å². The van der Waals surface area contributed by atoms with Crippen molar-refractivity contribution in [1.29, 1.82) is 0 Å².